The second-order valence-electron chi connectivity index (χ2n) is 5.15. The zero-order chi connectivity index (χ0) is 16.6. The van der Waals surface area contributed by atoms with E-state index in [0.29, 0.717) is 19.0 Å². The quantitative estimate of drug-likeness (QED) is 0.558. The fourth-order valence-corrected chi connectivity index (χ4v) is 2.21. The summed E-state index contributed by atoms with van der Waals surface area (Å²) < 4.78 is 5.39. The van der Waals surface area contributed by atoms with Crippen molar-refractivity contribution in [2.75, 3.05) is 7.05 Å². The van der Waals surface area contributed by atoms with Crippen molar-refractivity contribution in [3.63, 3.8) is 0 Å². The second-order valence-corrected chi connectivity index (χ2v) is 5.15. The maximum Gasteiger partial charge on any atom is 0.191 e. The van der Waals surface area contributed by atoms with Gasteiger partial charge in [-0.05, 0) is 12.1 Å². The molecule has 0 atom stereocenters. The van der Waals surface area contributed by atoms with Gasteiger partial charge < -0.3 is 15.2 Å². The molecule has 0 spiro atoms. The summed E-state index contributed by atoms with van der Waals surface area (Å²) in [6, 6.07) is 17.6. The summed E-state index contributed by atoms with van der Waals surface area (Å²) in [4.78, 5) is 8.46. The SMILES string of the molecule is CN=C(NCc1ccccn1)NCc1cc(-c2ccccc2)on1. The molecular formula is C18H19N5O. The molecule has 2 aromatic heterocycles. The van der Waals surface area contributed by atoms with Gasteiger partial charge in [-0.1, -0.05) is 41.6 Å². The van der Waals surface area contributed by atoms with Crippen LogP contribution in [0.15, 0.2) is 70.3 Å². The van der Waals surface area contributed by atoms with Gasteiger partial charge in [0.25, 0.3) is 0 Å². The number of nitrogens with zero attached hydrogens (tertiary/aromatic N) is 3. The molecule has 6 nitrogen and oxygen atoms in total. The number of guanidine groups is 1. The average Bonchev–Trinajstić information content (AvgIpc) is 3.12. The van der Waals surface area contributed by atoms with Gasteiger partial charge in [-0.3, -0.25) is 9.98 Å². The third-order valence-electron chi connectivity index (χ3n) is 3.44. The number of pyridine rings is 1. The molecule has 3 aromatic rings. The Morgan fingerprint density at radius 1 is 1.00 bits per heavy atom. The highest BCUT2D eigenvalue weighted by Crippen LogP contribution is 2.19. The molecule has 0 saturated heterocycles. The number of hydrogen-bond donors (Lipinski definition) is 2. The van der Waals surface area contributed by atoms with Gasteiger partial charge in [0.15, 0.2) is 11.7 Å². The van der Waals surface area contributed by atoms with Crippen molar-refractivity contribution in [3.05, 3.63) is 72.2 Å². The number of nitrogens with one attached hydrogen (secondary N) is 2. The Balaban J connectivity index is 1.54. The Hall–Kier alpha value is -3.15. The van der Waals surface area contributed by atoms with Crippen LogP contribution in [0.1, 0.15) is 11.4 Å². The van der Waals surface area contributed by atoms with Crippen LogP contribution in [-0.4, -0.2) is 23.1 Å². The van der Waals surface area contributed by atoms with Crippen LogP contribution in [0.25, 0.3) is 11.3 Å². The molecule has 0 amide bonds. The monoisotopic (exact) mass is 321 g/mol. The van der Waals surface area contributed by atoms with E-state index in [-0.39, 0.29) is 0 Å². The minimum absolute atomic E-state index is 0.526. The molecule has 0 aliphatic heterocycles. The van der Waals surface area contributed by atoms with Crippen molar-refractivity contribution in [2.24, 2.45) is 4.99 Å². The van der Waals surface area contributed by atoms with E-state index in [2.05, 4.69) is 25.8 Å². The Kier molecular flexibility index (Phi) is 5.19. The zero-order valence-corrected chi connectivity index (χ0v) is 13.4. The first-order valence-corrected chi connectivity index (χ1v) is 7.70. The number of rotatable bonds is 5. The first-order valence-electron chi connectivity index (χ1n) is 7.70. The number of hydrogen-bond acceptors (Lipinski definition) is 4. The van der Waals surface area contributed by atoms with E-state index in [1.807, 2.05) is 54.6 Å². The van der Waals surface area contributed by atoms with Gasteiger partial charge in [0.05, 0.1) is 18.8 Å². The van der Waals surface area contributed by atoms with Gasteiger partial charge in [0, 0.05) is 24.9 Å². The molecule has 1 aromatic carbocycles. The lowest BCUT2D eigenvalue weighted by Gasteiger charge is -2.10. The molecular weight excluding hydrogens is 302 g/mol. The minimum Gasteiger partial charge on any atom is -0.356 e. The van der Waals surface area contributed by atoms with Crippen molar-refractivity contribution >= 4 is 5.96 Å². The third kappa shape index (κ3) is 4.19. The molecule has 0 bridgehead atoms. The summed E-state index contributed by atoms with van der Waals surface area (Å²) in [5.74, 6) is 1.44. The van der Waals surface area contributed by atoms with Crippen LogP contribution in [0, 0.1) is 0 Å². The lowest BCUT2D eigenvalue weighted by atomic mass is 10.2. The Morgan fingerprint density at radius 3 is 2.46 bits per heavy atom. The molecule has 122 valence electrons. The van der Waals surface area contributed by atoms with Crippen molar-refractivity contribution in [3.8, 4) is 11.3 Å². The largest absolute Gasteiger partial charge is 0.356 e. The van der Waals surface area contributed by atoms with Crippen molar-refractivity contribution in [1.82, 2.24) is 20.8 Å². The van der Waals surface area contributed by atoms with Crippen LogP contribution in [0.5, 0.6) is 0 Å². The first kappa shape index (κ1) is 15.7. The predicted octanol–water partition coefficient (Wildman–Crippen LogP) is 2.60. The summed E-state index contributed by atoms with van der Waals surface area (Å²) in [7, 11) is 1.73. The van der Waals surface area contributed by atoms with E-state index >= 15 is 0 Å². The lowest BCUT2D eigenvalue weighted by molar-refractivity contribution is 0.422. The minimum atomic E-state index is 0.526. The standard InChI is InChI=1S/C18H19N5O/c1-19-18(21-12-15-9-5-6-10-20-15)22-13-16-11-17(24-23-16)14-7-3-2-4-8-14/h2-11H,12-13H2,1H3,(H2,19,21,22). The summed E-state index contributed by atoms with van der Waals surface area (Å²) in [5.41, 5.74) is 2.77. The molecule has 6 heteroatoms. The van der Waals surface area contributed by atoms with Gasteiger partial charge in [-0.2, -0.15) is 0 Å². The van der Waals surface area contributed by atoms with Crippen LogP contribution < -0.4 is 10.6 Å². The smallest absolute Gasteiger partial charge is 0.191 e. The molecule has 0 radical (unpaired) electrons. The summed E-state index contributed by atoms with van der Waals surface area (Å²) in [6.45, 7) is 1.13. The van der Waals surface area contributed by atoms with Crippen molar-refractivity contribution in [2.45, 2.75) is 13.1 Å². The molecule has 0 unspecified atom stereocenters. The maximum atomic E-state index is 5.39. The van der Waals surface area contributed by atoms with Gasteiger partial charge >= 0.3 is 0 Å². The molecule has 0 fully saturated rings. The summed E-state index contributed by atoms with van der Waals surface area (Å²) in [5, 5.41) is 10.5. The van der Waals surface area contributed by atoms with Gasteiger partial charge in [-0.15, -0.1) is 0 Å². The van der Waals surface area contributed by atoms with E-state index in [9.17, 15) is 0 Å². The van der Waals surface area contributed by atoms with E-state index in [0.717, 1.165) is 22.7 Å². The maximum absolute atomic E-state index is 5.39. The van der Waals surface area contributed by atoms with Crippen LogP contribution in [0.3, 0.4) is 0 Å². The van der Waals surface area contributed by atoms with E-state index in [1.165, 1.54) is 0 Å². The lowest BCUT2D eigenvalue weighted by Crippen LogP contribution is -2.36. The number of benzene rings is 1. The molecule has 0 saturated carbocycles. The zero-order valence-electron chi connectivity index (χ0n) is 13.4. The number of aromatic nitrogens is 2. The van der Waals surface area contributed by atoms with Crippen LogP contribution in [0.4, 0.5) is 0 Å². The first-order chi connectivity index (χ1) is 11.8. The highest BCUT2D eigenvalue weighted by molar-refractivity contribution is 5.79. The summed E-state index contributed by atoms with van der Waals surface area (Å²) in [6.07, 6.45) is 1.77. The molecule has 3 rings (SSSR count). The predicted molar refractivity (Wildman–Crippen MR) is 93.2 cm³/mol. The Labute approximate surface area is 140 Å². The highest BCUT2D eigenvalue weighted by atomic mass is 16.5. The molecule has 0 aliphatic rings. The number of aliphatic imine (C=N–C) groups is 1. The fourth-order valence-electron chi connectivity index (χ4n) is 2.21. The fraction of sp³-hybridized carbons (Fsp3) is 0.167. The van der Waals surface area contributed by atoms with Gasteiger partial charge in [0.1, 0.15) is 5.69 Å². The molecule has 2 N–H and O–H groups in total. The third-order valence-corrected chi connectivity index (χ3v) is 3.44. The van der Waals surface area contributed by atoms with E-state index < -0.39 is 0 Å². The Bertz CT molecular complexity index is 783. The van der Waals surface area contributed by atoms with E-state index in [1.54, 1.807) is 13.2 Å². The topological polar surface area (TPSA) is 75.3 Å². The van der Waals surface area contributed by atoms with Crippen LogP contribution in [-0.2, 0) is 13.1 Å². The van der Waals surface area contributed by atoms with E-state index in [4.69, 9.17) is 4.52 Å². The highest BCUT2D eigenvalue weighted by Gasteiger charge is 2.07. The Morgan fingerprint density at radius 2 is 1.75 bits per heavy atom. The van der Waals surface area contributed by atoms with Crippen LogP contribution in [0.2, 0.25) is 0 Å². The van der Waals surface area contributed by atoms with Crippen LogP contribution >= 0.6 is 0 Å². The van der Waals surface area contributed by atoms with Crippen molar-refractivity contribution in [1.29, 1.82) is 0 Å². The van der Waals surface area contributed by atoms with Gasteiger partial charge in [-0.25, -0.2) is 0 Å². The van der Waals surface area contributed by atoms with Gasteiger partial charge in [0.2, 0.25) is 0 Å². The van der Waals surface area contributed by atoms with Crippen molar-refractivity contribution < 1.29 is 4.52 Å². The average molecular weight is 321 g/mol. The molecule has 2 heterocycles. The summed E-state index contributed by atoms with van der Waals surface area (Å²) >= 11 is 0. The second kappa shape index (κ2) is 7.92. The normalized spacial score (nSPS) is 11.3. The molecule has 24 heavy (non-hydrogen) atoms. The molecule has 0 aliphatic carbocycles.